The maximum Gasteiger partial charge on any atom is 0.319 e. The van der Waals surface area contributed by atoms with Crippen molar-refractivity contribution >= 4 is 17.7 Å². The molecule has 1 heterocycles. The van der Waals surface area contributed by atoms with Crippen molar-refractivity contribution in [2.75, 3.05) is 0 Å². The van der Waals surface area contributed by atoms with Crippen LogP contribution in [0.2, 0.25) is 0 Å². The number of aromatic nitrogens is 2. The van der Waals surface area contributed by atoms with E-state index < -0.39 is 10.7 Å². The number of thioether (sulfide) groups is 1. The summed E-state index contributed by atoms with van der Waals surface area (Å²) in [5.41, 5.74) is 0. The Morgan fingerprint density at radius 1 is 1.60 bits per heavy atom. The van der Waals surface area contributed by atoms with Gasteiger partial charge in [0.25, 0.3) is 0 Å². The van der Waals surface area contributed by atoms with Crippen molar-refractivity contribution in [3.05, 3.63) is 11.7 Å². The van der Waals surface area contributed by atoms with E-state index in [9.17, 15) is 4.79 Å². The first-order valence-corrected chi connectivity index (χ1v) is 5.63. The van der Waals surface area contributed by atoms with Crippen LogP contribution in [-0.4, -0.2) is 26.0 Å². The largest absolute Gasteiger partial charge is 0.480 e. The number of aryl methyl sites for hydroxylation is 1. The minimum atomic E-state index is -0.841. The highest BCUT2D eigenvalue weighted by Crippen LogP contribution is 2.27. The van der Waals surface area contributed by atoms with Crippen molar-refractivity contribution in [1.82, 2.24) is 10.1 Å². The number of nitrogens with zero attached hydrogens (tertiary/aromatic N) is 2. The van der Waals surface area contributed by atoms with Gasteiger partial charge >= 0.3 is 5.97 Å². The first-order chi connectivity index (χ1) is 6.95. The van der Waals surface area contributed by atoms with Crippen LogP contribution in [-0.2, 0) is 17.0 Å². The summed E-state index contributed by atoms with van der Waals surface area (Å²) in [5.74, 6) is 0.736. The molecule has 0 unspecified atom stereocenters. The molecule has 1 aromatic rings. The predicted octanol–water partition coefficient (Wildman–Crippen LogP) is 1.73. The highest BCUT2D eigenvalue weighted by atomic mass is 32.2. The lowest BCUT2D eigenvalue weighted by Gasteiger charge is -2.16. The molecule has 0 atom stereocenters. The average Bonchev–Trinajstić information content (AvgIpc) is 2.62. The smallest absolute Gasteiger partial charge is 0.319 e. The molecule has 5 nitrogen and oxygen atoms in total. The number of carboxylic acid groups (broad SMARTS) is 1. The number of rotatable bonds is 5. The van der Waals surface area contributed by atoms with Gasteiger partial charge in [0.05, 0.1) is 5.75 Å². The lowest BCUT2D eigenvalue weighted by molar-refractivity contribution is -0.138. The molecule has 0 saturated carbocycles. The van der Waals surface area contributed by atoms with Gasteiger partial charge in [0, 0.05) is 6.42 Å². The van der Waals surface area contributed by atoms with Crippen molar-refractivity contribution in [2.24, 2.45) is 0 Å². The minimum Gasteiger partial charge on any atom is -0.480 e. The molecule has 0 bridgehead atoms. The first-order valence-electron chi connectivity index (χ1n) is 4.64. The molecule has 6 heteroatoms. The normalized spacial score (nSPS) is 11.7. The number of hydrogen-bond donors (Lipinski definition) is 1. The molecule has 0 amide bonds. The van der Waals surface area contributed by atoms with Gasteiger partial charge in [-0.2, -0.15) is 4.98 Å². The van der Waals surface area contributed by atoms with Crippen molar-refractivity contribution in [3.8, 4) is 0 Å². The summed E-state index contributed by atoms with van der Waals surface area (Å²) in [5, 5.41) is 12.6. The van der Waals surface area contributed by atoms with Gasteiger partial charge in [0.2, 0.25) is 5.89 Å². The molecule has 0 spiro atoms. The highest BCUT2D eigenvalue weighted by molar-refractivity contribution is 8.00. The van der Waals surface area contributed by atoms with Gasteiger partial charge < -0.3 is 9.63 Å². The van der Waals surface area contributed by atoms with Crippen molar-refractivity contribution in [1.29, 1.82) is 0 Å². The van der Waals surface area contributed by atoms with E-state index in [-0.39, 0.29) is 0 Å². The van der Waals surface area contributed by atoms with Crippen LogP contribution in [0.5, 0.6) is 0 Å². The first kappa shape index (κ1) is 12.0. The Labute approximate surface area is 92.2 Å². The van der Waals surface area contributed by atoms with Gasteiger partial charge in [-0.25, -0.2) is 0 Å². The number of carbonyl (C=O) groups is 1. The van der Waals surface area contributed by atoms with Gasteiger partial charge in [-0.15, -0.1) is 11.8 Å². The van der Waals surface area contributed by atoms with Gasteiger partial charge in [-0.3, -0.25) is 4.79 Å². The Hall–Kier alpha value is -1.04. The van der Waals surface area contributed by atoms with E-state index in [2.05, 4.69) is 10.1 Å². The number of hydrogen-bond acceptors (Lipinski definition) is 5. The Balaban J connectivity index is 2.53. The lowest BCUT2D eigenvalue weighted by Crippen LogP contribution is -2.27. The molecule has 0 aliphatic heterocycles. The summed E-state index contributed by atoms with van der Waals surface area (Å²) >= 11 is 1.28. The van der Waals surface area contributed by atoms with Crippen LogP contribution >= 0.6 is 11.8 Å². The number of aliphatic carboxylic acids is 1. The van der Waals surface area contributed by atoms with Gasteiger partial charge in [-0.1, -0.05) is 12.1 Å². The summed E-state index contributed by atoms with van der Waals surface area (Å²) < 4.78 is 4.09. The zero-order chi connectivity index (χ0) is 11.5. The lowest BCUT2D eigenvalue weighted by atomic mass is 10.2. The van der Waals surface area contributed by atoms with Gasteiger partial charge in [0.1, 0.15) is 4.75 Å². The molecule has 0 saturated heterocycles. The fourth-order valence-electron chi connectivity index (χ4n) is 0.799. The fourth-order valence-corrected chi connectivity index (χ4v) is 1.53. The summed E-state index contributed by atoms with van der Waals surface area (Å²) in [4.78, 5) is 14.9. The average molecular weight is 230 g/mol. The molecule has 0 fully saturated rings. The fraction of sp³-hybridized carbons (Fsp3) is 0.667. The topological polar surface area (TPSA) is 76.2 Å². The van der Waals surface area contributed by atoms with E-state index in [0.29, 0.717) is 23.9 Å². The van der Waals surface area contributed by atoms with Crippen LogP contribution in [0.4, 0.5) is 0 Å². The molecule has 0 aromatic carbocycles. The molecule has 1 aromatic heterocycles. The monoisotopic (exact) mass is 230 g/mol. The molecular formula is C9H14N2O3S. The van der Waals surface area contributed by atoms with Crippen molar-refractivity contribution < 1.29 is 14.4 Å². The van der Waals surface area contributed by atoms with Crippen LogP contribution in [0.25, 0.3) is 0 Å². The third-order valence-electron chi connectivity index (χ3n) is 1.89. The van der Waals surface area contributed by atoms with E-state index in [1.165, 1.54) is 11.8 Å². The molecule has 0 aliphatic carbocycles. The third kappa shape index (κ3) is 3.23. The summed E-state index contributed by atoms with van der Waals surface area (Å²) in [6.07, 6.45) is 0.694. The second-order valence-corrected chi connectivity index (χ2v) is 5.16. The number of carboxylic acids is 1. The molecule has 84 valence electrons. The molecule has 1 N–H and O–H groups in total. The Morgan fingerprint density at radius 3 is 2.73 bits per heavy atom. The predicted molar refractivity (Wildman–Crippen MR) is 56.7 cm³/mol. The van der Waals surface area contributed by atoms with E-state index >= 15 is 0 Å². The molecule has 0 aliphatic rings. The summed E-state index contributed by atoms with van der Waals surface area (Å²) in [6.45, 7) is 5.23. The van der Waals surface area contributed by atoms with E-state index in [1.54, 1.807) is 13.8 Å². The quantitative estimate of drug-likeness (QED) is 0.830. The maximum atomic E-state index is 10.8. The van der Waals surface area contributed by atoms with Crippen LogP contribution in [0, 0.1) is 0 Å². The van der Waals surface area contributed by atoms with E-state index in [0.717, 1.165) is 0 Å². The molecule has 0 radical (unpaired) electrons. The zero-order valence-corrected chi connectivity index (χ0v) is 9.80. The van der Waals surface area contributed by atoms with Crippen molar-refractivity contribution in [3.63, 3.8) is 0 Å². The van der Waals surface area contributed by atoms with Crippen LogP contribution in [0.15, 0.2) is 4.52 Å². The zero-order valence-electron chi connectivity index (χ0n) is 8.98. The van der Waals surface area contributed by atoms with Crippen LogP contribution in [0.1, 0.15) is 32.5 Å². The second-order valence-electron chi connectivity index (χ2n) is 3.56. The van der Waals surface area contributed by atoms with E-state index in [1.807, 2.05) is 6.92 Å². The van der Waals surface area contributed by atoms with Gasteiger partial charge in [0.15, 0.2) is 5.82 Å². The highest BCUT2D eigenvalue weighted by Gasteiger charge is 2.28. The Morgan fingerprint density at radius 2 is 2.27 bits per heavy atom. The Bertz CT molecular complexity index is 349. The van der Waals surface area contributed by atoms with E-state index in [4.69, 9.17) is 9.63 Å². The molecule has 1 rings (SSSR count). The maximum absolute atomic E-state index is 10.8. The van der Waals surface area contributed by atoms with Crippen LogP contribution < -0.4 is 0 Å². The third-order valence-corrected chi connectivity index (χ3v) is 3.19. The van der Waals surface area contributed by atoms with Crippen molar-refractivity contribution in [2.45, 2.75) is 37.7 Å². The van der Waals surface area contributed by atoms with Gasteiger partial charge in [-0.05, 0) is 13.8 Å². The van der Waals surface area contributed by atoms with Crippen LogP contribution in [0.3, 0.4) is 0 Å². The Kier molecular flexibility index (Phi) is 3.73. The second kappa shape index (κ2) is 4.65. The molecular weight excluding hydrogens is 216 g/mol. The minimum absolute atomic E-state index is 0.447. The molecule has 15 heavy (non-hydrogen) atoms. The summed E-state index contributed by atoms with van der Waals surface area (Å²) in [7, 11) is 0. The SMILES string of the molecule is CCc1nc(CSC(C)(C)C(=O)O)no1. The standard InChI is InChI=1S/C9H14N2O3S/c1-4-7-10-6(11-14-7)5-15-9(2,3)8(12)13/h4-5H2,1-3H3,(H,12,13). The summed E-state index contributed by atoms with van der Waals surface area (Å²) in [6, 6.07) is 0.